The second-order valence-electron chi connectivity index (χ2n) is 8.00. The lowest BCUT2D eigenvalue weighted by Gasteiger charge is -2.53. The molecule has 0 amide bonds. The van der Waals surface area contributed by atoms with Gasteiger partial charge in [-0.2, -0.15) is 0 Å². The van der Waals surface area contributed by atoms with E-state index in [1.54, 1.807) is 6.07 Å². The first kappa shape index (κ1) is 17.3. The van der Waals surface area contributed by atoms with Crippen LogP contribution in [-0.2, 0) is 10.8 Å². The number of nitrogens with zero attached hydrogens (tertiary/aromatic N) is 3. The lowest BCUT2D eigenvalue weighted by molar-refractivity contribution is 0.346. The third-order valence-corrected chi connectivity index (χ3v) is 7.85. The molecular formula is C21H17BrCl2N4. The minimum Gasteiger partial charge on any atom is -0.363 e. The van der Waals surface area contributed by atoms with E-state index in [9.17, 15) is 0 Å². The highest BCUT2D eigenvalue weighted by atomic mass is 79.9. The zero-order chi connectivity index (χ0) is 19.3. The molecule has 0 radical (unpaired) electrons. The maximum absolute atomic E-state index is 6.61. The monoisotopic (exact) mass is 474 g/mol. The number of hydrogen-bond acceptors (Lipinski definition) is 4. The number of halogens is 3. The van der Waals surface area contributed by atoms with Gasteiger partial charge in [0, 0.05) is 35.3 Å². The largest absolute Gasteiger partial charge is 0.363 e. The molecule has 1 fully saturated rings. The van der Waals surface area contributed by atoms with E-state index in [0.717, 1.165) is 59.0 Å². The molecule has 2 spiro atoms. The standard InChI is InChI=1S/C21H17BrCl2N4/c1-28-7-5-21-13-3-2-11(22)8-16(13)26-18-20(21,4-6-25-19(21)28)14-9-12(23)10-15(24)17(14)27-18/h2-3,8-10H,4-7H2,1H3,(H,26,27). The first-order valence-electron chi connectivity index (χ1n) is 9.39. The number of benzene rings is 2. The fraction of sp³-hybridized carbons (Fsp3) is 0.333. The Bertz CT molecular complexity index is 1130. The van der Waals surface area contributed by atoms with Crippen molar-refractivity contribution in [2.24, 2.45) is 9.98 Å². The molecule has 4 heterocycles. The fourth-order valence-electron chi connectivity index (χ4n) is 5.85. The lowest BCUT2D eigenvalue weighted by atomic mass is 9.51. The molecule has 1 N–H and O–H groups in total. The minimum absolute atomic E-state index is 0.265. The number of fused-ring (bicyclic) bond motifs is 2. The van der Waals surface area contributed by atoms with Crippen molar-refractivity contribution < 1.29 is 0 Å². The van der Waals surface area contributed by atoms with Crippen molar-refractivity contribution in [1.29, 1.82) is 0 Å². The van der Waals surface area contributed by atoms with Gasteiger partial charge < -0.3 is 10.2 Å². The van der Waals surface area contributed by atoms with Gasteiger partial charge in [0.1, 0.15) is 11.7 Å². The first-order valence-corrected chi connectivity index (χ1v) is 10.9. The average molecular weight is 476 g/mol. The van der Waals surface area contributed by atoms with Gasteiger partial charge in [0.25, 0.3) is 0 Å². The molecule has 0 aliphatic carbocycles. The molecule has 2 aromatic rings. The van der Waals surface area contributed by atoms with E-state index >= 15 is 0 Å². The molecule has 2 unspecified atom stereocenters. The van der Waals surface area contributed by atoms with Crippen LogP contribution in [0.1, 0.15) is 24.0 Å². The Morgan fingerprint density at radius 2 is 1.96 bits per heavy atom. The Kier molecular flexibility index (Phi) is 3.42. The van der Waals surface area contributed by atoms with Crippen molar-refractivity contribution in [3.05, 3.63) is 56.0 Å². The highest BCUT2D eigenvalue weighted by molar-refractivity contribution is 9.10. The molecule has 6 rings (SSSR count). The van der Waals surface area contributed by atoms with Gasteiger partial charge in [-0.15, -0.1) is 0 Å². The van der Waals surface area contributed by atoms with Gasteiger partial charge in [-0.1, -0.05) is 45.2 Å². The van der Waals surface area contributed by atoms with Crippen molar-refractivity contribution in [2.75, 3.05) is 25.5 Å². The van der Waals surface area contributed by atoms with E-state index in [2.05, 4.69) is 57.5 Å². The molecule has 142 valence electrons. The summed E-state index contributed by atoms with van der Waals surface area (Å²) in [6.45, 7) is 1.73. The number of amidine groups is 2. The van der Waals surface area contributed by atoms with Gasteiger partial charge in [-0.25, -0.2) is 4.99 Å². The number of likely N-dealkylation sites (tertiary alicyclic amines) is 1. The summed E-state index contributed by atoms with van der Waals surface area (Å²) in [4.78, 5) is 12.4. The molecule has 0 saturated carbocycles. The highest BCUT2D eigenvalue weighted by Gasteiger charge is 2.68. The Labute approximate surface area is 181 Å². The molecule has 4 aliphatic heterocycles. The first-order chi connectivity index (χ1) is 13.5. The highest BCUT2D eigenvalue weighted by Crippen LogP contribution is 2.64. The molecule has 7 heteroatoms. The number of nitrogens with one attached hydrogen (secondary N) is 1. The van der Waals surface area contributed by atoms with Crippen molar-refractivity contribution >= 4 is 62.2 Å². The summed E-state index contributed by atoms with van der Waals surface area (Å²) in [5, 5.41) is 4.91. The zero-order valence-electron chi connectivity index (χ0n) is 15.2. The summed E-state index contributed by atoms with van der Waals surface area (Å²) < 4.78 is 1.04. The van der Waals surface area contributed by atoms with E-state index < -0.39 is 0 Å². The van der Waals surface area contributed by atoms with Gasteiger partial charge in [-0.3, -0.25) is 4.99 Å². The molecule has 4 nitrogen and oxygen atoms in total. The number of aliphatic imine (C=N–C) groups is 2. The van der Waals surface area contributed by atoms with E-state index in [4.69, 9.17) is 33.2 Å². The van der Waals surface area contributed by atoms with Crippen molar-refractivity contribution in [1.82, 2.24) is 4.90 Å². The summed E-state index contributed by atoms with van der Waals surface area (Å²) >= 11 is 16.7. The van der Waals surface area contributed by atoms with Crippen LogP contribution in [0.2, 0.25) is 10.0 Å². The molecule has 28 heavy (non-hydrogen) atoms. The normalized spacial score (nSPS) is 29.1. The van der Waals surface area contributed by atoms with Crippen LogP contribution in [0.4, 0.5) is 11.4 Å². The van der Waals surface area contributed by atoms with E-state index in [0.29, 0.717) is 10.0 Å². The molecule has 4 aliphatic rings. The van der Waals surface area contributed by atoms with Crippen LogP contribution in [0.15, 0.2) is 44.8 Å². The molecule has 1 saturated heterocycles. The Morgan fingerprint density at radius 3 is 2.82 bits per heavy atom. The summed E-state index contributed by atoms with van der Waals surface area (Å²) in [7, 11) is 2.14. The topological polar surface area (TPSA) is 40.0 Å². The summed E-state index contributed by atoms with van der Waals surface area (Å²) in [5.41, 5.74) is 3.75. The Morgan fingerprint density at radius 1 is 1.11 bits per heavy atom. The Balaban J connectivity index is 1.76. The van der Waals surface area contributed by atoms with Crippen LogP contribution in [0, 0.1) is 0 Å². The van der Waals surface area contributed by atoms with E-state index in [1.165, 1.54) is 5.56 Å². The van der Waals surface area contributed by atoms with Crippen LogP contribution in [0.3, 0.4) is 0 Å². The maximum atomic E-state index is 6.61. The average Bonchev–Trinajstić information content (AvgIpc) is 3.16. The maximum Gasteiger partial charge on any atom is 0.119 e. The van der Waals surface area contributed by atoms with Gasteiger partial charge in [0.15, 0.2) is 0 Å². The molecule has 2 aromatic carbocycles. The van der Waals surface area contributed by atoms with E-state index in [1.807, 2.05) is 0 Å². The second-order valence-corrected chi connectivity index (χ2v) is 9.76. The van der Waals surface area contributed by atoms with Crippen LogP contribution >= 0.6 is 39.1 Å². The number of anilines is 1. The fourth-order valence-corrected chi connectivity index (χ4v) is 6.74. The quantitative estimate of drug-likeness (QED) is 0.543. The molecule has 0 aromatic heterocycles. The summed E-state index contributed by atoms with van der Waals surface area (Å²) in [6, 6.07) is 10.3. The zero-order valence-corrected chi connectivity index (χ0v) is 18.3. The summed E-state index contributed by atoms with van der Waals surface area (Å²) in [6.07, 6.45) is 1.87. The second kappa shape index (κ2) is 5.53. The van der Waals surface area contributed by atoms with Gasteiger partial charge in [0.05, 0.1) is 21.5 Å². The van der Waals surface area contributed by atoms with Crippen LogP contribution in [0.25, 0.3) is 0 Å². The number of rotatable bonds is 0. The lowest BCUT2D eigenvalue weighted by Crippen LogP contribution is -2.63. The predicted octanol–water partition coefficient (Wildman–Crippen LogP) is 5.54. The minimum atomic E-state index is -0.320. The van der Waals surface area contributed by atoms with Crippen molar-refractivity contribution in [3.63, 3.8) is 0 Å². The third-order valence-electron chi connectivity index (χ3n) is 6.85. The third kappa shape index (κ3) is 1.84. The number of hydrogen-bond donors (Lipinski definition) is 1. The summed E-state index contributed by atoms with van der Waals surface area (Å²) in [5.74, 6) is 2.13. The van der Waals surface area contributed by atoms with Crippen LogP contribution in [-0.4, -0.2) is 36.7 Å². The van der Waals surface area contributed by atoms with Crippen LogP contribution < -0.4 is 5.32 Å². The van der Waals surface area contributed by atoms with Crippen LogP contribution in [0.5, 0.6) is 0 Å². The predicted molar refractivity (Wildman–Crippen MR) is 119 cm³/mol. The van der Waals surface area contributed by atoms with Gasteiger partial charge in [-0.05, 0) is 48.2 Å². The smallest absolute Gasteiger partial charge is 0.119 e. The van der Waals surface area contributed by atoms with Crippen molar-refractivity contribution in [3.8, 4) is 0 Å². The van der Waals surface area contributed by atoms with Crippen molar-refractivity contribution in [2.45, 2.75) is 23.7 Å². The van der Waals surface area contributed by atoms with Gasteiger partial charge in [0.2, 0.25) is 0 Å². The molecular weight excluding hydrogens is 459 g/mol. The Hall–Kier alpha value is -1.56. The number of likely N-dealkylation sites (N-methyl/N-ethyl adjacent to an activating group) is 1. The SMILES string of the molecule is CN1CCC23C1=NCCC21C(=Nc2c(Cl)cc(Cl)cc21)Nc1cc(Br)ccc13. The van der Waals surface area contributed by atoms with E-state index in [-0.39, 0.29) is 10.8 Å². The molecule has 2 atom stereocenters. The van der Waals surface area contributed by atoms with Gasteiger partial charge >= 0.3 is 0 Å². The molecule has 0 bridgehead atoms.